The molecule has 1 aliphatic rings. The van der Waals surface area contributed by atoms with Crippen molar-refractivity contribution in [3.05, 3.63) is 57.5 Å². The molecule has 0 aliphatic heterocycles. The van der Waals surface area contributed by atoms with E-state index in [-0.39, 0.29) is 11.9 Å². The Morgan fingerprint density at radius 3 is 3.05 bits per heavy atom. The second-order valence-electron chi connectivity index (χ2n) is 5.18. The lowest BCUT2D eigenvalue weighted by atomic mass is 9.93. The van der Waals surface area contributed by atoms with E-state index in [0.29, 0.717) is 5.56 Å². The molecule has 3 nitrogen and oxygen atoms in total. The van der Waals surface area contributed by atoms with Gasteiger partial charge in [0.05, 0.1) is 12.3 Å². The van der Waals surface area contributed by atoms with E-state index >= 15 is 0 Å². The lowest BCUT2D eigenvalue weighted by Crippen LogP contribution is -2.30. The summed E-state index contributed by atoms with van der Waals surface area (Å²) in [5, 5.41) is 3.10. The van der Waals surface area contributed by atoms with Crippen LogP contribution in [0.5, 0.6) is 0 Å². The highest BCUT2D eigenvalue weighted by molar-refractivity contribution is 9.10. The van der Waals surface area contributed by atoms with Gasteiger partial charge in [0.1, 0.15) is 5.76 Å². The number of fused-ring (bicyclic) bond motifs is 1. The monoisotopic (exact) mass is 333 g/mol. The molecule has 0 spiro atoms. The molecule has 2 aromatic rings. The number of halogens is 1. The summed E-state index contributed by atoms with van der Waals surface area (Å²) in [5.41, 5.74) is 2.92. The van der Waals surface area contributed by atoms with Crippen molar-refractivity contribution < 1.29 is 9.21 Å². The zero-order chi connectivity index (χ0) is 14.1. The summed E-state index contributed by atoms with van der Waals surface area (Å²) < 4.78 is 6.41. The Balaban J connectivity index is 1.79. The third kappa shape index (κ3) is 2.52. The van der Waals surface area contributed by atoms with Gasteiger partial charge in [0.15, 0.2) is 0 Å². The molecule has 4 heteroatoms. The maximum atomic E-state index is 12.3. The van der Waals surface area contributed by atoms with Gasteiger partial charge in [-0.25, -0.2) is 0 Å². The number of aryl methyl sites for hydroxylation is 2. The number of benzene rings is 1. The van der Waals surface area contributed by atoms with Crippen LogP contribution in [0.3, 0.4) is 0 Å². The lowest BCUT2D eigenvalue weighted by molar-refractivity contribution is 0.0932. The van der Waals surface area contributed by atoms with Crippen molar-refractivity contribution in [3.63, 3.8) is 0 Å². The Bertz CT molecular complexity index is 648. The fourth-order valence-electron chi connectivity index (χ4n) is 2.61. The van der Waals surface area contributed by atoms with Crippen LogP contribution < -0.4 is 5.32 Å². The number of amides is 1. The molecule has 0 saturated heterocycles. The lowest BCUT2D eigenvalue weighted by Gasteiger charge is -2.22. The molecule has 0 saturated carbocycles. The predicted molar refractivity (Wildman–Crippen MR) is 80.7 cm³/mol. The number of nitrogens with one attached hydrogen (secondary N) is 1. The number of rotatable bonds is 2. The first-order valence-corrected chi connectivity index (χ1v) is 7.58. The van der Waals surface area contributed by atoms with E-state index in [2.05, 4.69) is 21.2 Å². The normalized spacial score (nSPS) is 17.6. The highest BCUT2D eigenvalue weighted by atomic mass is 79.9. The second kappa shape index (κ2) is 5.44. The Morgan fingerprint density at radius 2 is 2.25 bits per heavy atom. The van der Waals surface area contributed by atoms with Crippen LogP contribution in [0.2, 0.25) is 0 Å². The van der Waals surface area contributed by atoms with Gasteiger partial charge >= 0.3 is 0 Å². The van der Waals surface area contributed by atoms with Crippen molar-refractivity contribution in [2.75, 3.05) is 0 Å². The smallest absolute Gasteiger partial charge is 0.251 e. The fraction of sp³-hybridized carbons (Fsp3) is 0.312. The molecule has 1 unspecified atom stereocenters. The summed E-state index contributed by atoms with van der Waals surface area (Å²) in [5.74, 6) is 0.969. The van der Waals surface area contributed by atoms with Crippen LogP contribution in [0.25, 0.3) is 0 Å². The number of hydrogen-bond donors (Lipinski definition) is 1. The molecule has 1 aliphatic carbocycles. The van der Waals surface area contributed by atoms with Gasteiger partial charge in [-0.2, -0.15) is 0 Å². The quantitative estimate of drug-likeness (QED) is 0.896. The minimum Gasteiger partial charge on any atom is -0.469 e. The number of furan rings is 1. The topological polar surface area (TPSA) is 42.2 Å². The molecule has 0 radical (unpaired) electrons. The summed E-state index contributed by atoms with van der Waals surface area (Å²) in [4.78, 5) is 12.3. The highest BCUT2D eigenvalue weighted by Crippen LogP contribution is 2.30. The van der Waals surface area contributed by atoms with E-state index in [1.165, 1.54) is 0 Å². The highest BCUT2D eigenvalue weighted by Gasteiger charge is 2.24. The van der Waals surface area contributed by atoms with Gasteiger partial charge in [-0.15, -0.1) is 0 Å². The summed E-state index contributed by atoms with van der Waals surface area (Å²) in [6.45, 7) is 2.00. The SMILES string of the molecule is Cc1ccc(C(=O)NC2CCCc3occc32)cc1Br. The first-order valence-electron chi connectivity index (χ1n) is 6.78. The van der Waals surface area contributed by atoms with Gasteiger partial charge in [0.25, 0.3) is 5.91 Å². The van der Waals surface area contributed by atoms with E-state index in [1.54, 1.807) is 6.26 Å². The first kappa shape index (κ1) is 13.4. The van der Waals surface area contributed by atoms with Crippen molar-refractivity contribution >= 4 is 21.8 Å². The minimum absolute atomic E-state index is 0.0373. The molecular weight excluding hydrogens is 318 g/mol. The first-order chi connectivity index (χ1) is 9.65. The predicted octanol–water partition coefficient (Wildman–Crippen LogP) is 4.16. The molecule has 0 bridgehead atoms. The summed E-state index contributed by atoms with van der Waals surface area (Å²) in [6.07, 6.45) is 4.68. The Kier molecular flexibility index (Phi) is 3.66. The molecule has 1 amide bonds. The average molecular weight is 334 g/mol. The summed E-state index contributed by atoms with van der Waals surface area (Å²) >= 11 is 3.46. The van der Waals surface area contributed by atoms with Crippen LogP contribution in [0.4, 0.5) is 0 Å². The van der Waals surface area contributed by atoms with E-state index < -0.39 is 0 Å². The van der Waals surface area contributed by atoms with Gasteiger partial charge in [-0.05, 0) is 43.5 Å². The third-order valence-electron chi connectivity index (χ3n) is 3.79. The molecule has 1 heterocycles. The molecule has 1 N–H and O–H groups in total. The van der Waals surface area contributed by atoms with Crippen molar-refractivity contribution in [2.45, 2.75) is 32.2 Å². The van der Waals surface area contributed by atoms with Crippen molar-refractivity contribution in [1.82, 2.24) is 5.32 Å². The standard InChI is InChI=1S/C16H16BrNO2/c1-10-5-6-11(9-13(10)17)16(19)18-14-3-2-4-15-12(14)7-8-20-15/h5-9,14H,2-4H2,1H3,(H,18,19). The van der Waals surface area contributed by atoms with Crippen LogP contribution in [0.1, 0.15) is 46.1 Å². The van der Waals surface area contributed by atoms with Crippen LogP contribution >= 0.6 is 15.9 Å². The summed E-state index contributed by atoms with van der Waals surface area (Å²) in [7, 11) is 0. The van der Waals surface area contributed by atoms with Crippen molar-refractivity contribution in [2.24, 2.45) is 0 Å². The van der Waals surface area contributed by atoms with E-state index in [4.69, 9.17) is 4.42 Å². The second-order valence-corrected chi connectivity index (χ2v) is 6.04. The van der Waals surface area contributed by atoms with E-state index in [1.807, 2.05) is 31.2 Å². The van der Waals surface area contributed by atoms with Crippen molar-refractivity contribution in [3.8, 4) is 0 Å². The van der Waals surface area contributed by atoms with Gasteiger partial charge in [0, 0.05) is 22.0 Å². The maximum absolute atomic E-state index is 12.3. The Morgan fingerprint density at radius 1 is 1.40 bits per heavy atom. The molecule has 1 atom stereocenters. The number of hydrogen-bond acceptors (Lipinski definition) is 2. The zero-order valence-corrected chi connectivity index (χ0v) is 12.9. The number of carbonyl (C=O) groups excluding carboxylic acids is 1. The maximum Gasteiger partial charge on any atom is 0.251 e. The fourth-order valence-corrected chi connectivity index (χ4v) is 2.99. The summed E-state index contributed by atoms with van der Waals surface area (Å²) in [6, 6.07) is 7.69. The zero-order valence-electron chi connectivity index (χ0n) is 11.3. The van der Waals surface area contributed by atoms with Gasteiger partial charge in [0.2, 0.25) is 0 Å². The molecule has 3 rings (SSSR count). The van der Waals surface area contributed by atoms with Crippen LogP contribution in [-0.2, 0) is 6.42 Å². The van der Waals surface area contributed by atoms with Crippen LogP contribution in [-0.4, -0.2) is 5.91 Å². The Labute approximate surface area is 126 Å². The van der Waals surface area contributed by atoms with Crippen LogP contribution in [0.15, 0.2) is 39.4 Å². The minimum atomic E-state index is -0.0373. The Hall–Kier alpha value is -1.55. The largest absolute Gasteiger partial charge is 0.469 e. The van der Waals surface area contributed by atoms with Gasteiger partial charge in [-0.3, -0.25) is 4.79 Å². The van der Waals surface area contributed by atoms with E-state index in [0.717, 1.165) is 40.6 Å². The molecule has 1 aromatic carbocycles. The average Bonchev–Trinajstić information content (AvgIpc) is 2.91. The molecule has 20 heavy (non-hydrogen) atoms. The van der Waals surface area contributed by atoms with Crippen LogP contribution in [0, 0.1) is 6.92 Å². The molecular formula is C16H16BrNO2. The number of carbonyl (C=O) groups is 1. The van der Waals surface area contributed by atoms with E-state index in [9.17, 15) is 4.79 Å². The van der Waals surface area contributed by atoms with Gasteiger partial charge < -0.3 is 9.73 Å². The molecule has 0 fully saturated rings. The van der Waals surface area contributed by atoms with Gasteiger partial charge in [-0.1, -0.05) is 22.0 Å². The third-order valence-corrected chi connectivity index (χ3v) is 4.65. The molecule has 104 valence electrons. The van der Waals surface area contributed by atoms with Crippen molar-refractivity contribution in [1.29, 1.82) is 0 Å². The molecule has 1 aromatic heterocycles.